The van der Waals surface area contributed by atoms with Crippen LogP contribution in [0.25, 0.3) is 0 Å². The molecule has 23 nitrogen and oxygen atoms in total. The molecule has 2 unspecified atom stereocenters. The maximum Gasteiger partial charge on any atom is 0.411 e. The van der Waals surface area contributed by atoms with Crippen molar-refractivity contribution < 1.29 is 38.2 Å². The third-order valence-corrected chi connectivity index (χ3v) is 12.3. The Labute approximate surface area is 448 Å². The maximum atomic E-state index is 12.5. The molecule has 2 aromatic heterocycles. The van der Waals surface area contributed by atoms with Gasteiger partial charge in [0.05, 0.1) is 42.3 Å². The normalized spacial score (nSPS) is 13.7. The first-order chi connectivity index (χ1) is 35.7. The number of aryl methyl sites for hydroxylation is 3. The lowest BCUT2D eigenvalue weighted by Crippen LogP contribution is -2.35. The molecular weight excluding hydrogens is 1000 g/mol. The fraction of sp³-hybridized carbons (Fsp3) is 0.519. The molecule has 76 heavy (non-hydrogen) atoms. The van der Waals surface area contributed by atoms with Gasteiger partial charge in [0.1, 0.15) is 6.61 Å². The van der Waals surface area contributed by atoms with E-state index in [2.05, 4.69) is 94.2 Å². The van der Waals surface area contributed by atoms with Gasteiger partial charge in [0.2, 0.25) is 23.8 Å². The smallest absolute Gasteiger partial charge is 0.411 e. The highest BCUT2D eigenvalue weighted by molar-refractivity contribution is 6.49. The minimum Gasteiger partial charge on any atom is -0.453 e. The van der Waals surface area contributed by atoms with E-state index in [1.54, 1.807) is 26.9 Å². The number of hydrogen-bond donors (Lipinski definition) is 8. The predicted octanol–water partition coefficient (Wildman–Crippen LogP) is 7.59. The van der Waals surface area contributed by atoms with Gasteiger partial charge in [0, 0.05) is 55.4 Å². The van der Waals surface area contributed by atoms with E-state index < -0.39 is 30.0 Å². The number of aromatic amines is 2. The van der Waals surface area contributed by atoms with Gasteiger partial charge in [-0.05, 0) is 118 Å². The van der Waals surface area contributed by atoms with Crippen LogP contribution in [0.3, 0.4) is 0 Å². The summed E-state index contributed by atoms with van der Waals surface area (Å²) >= 11 is 6.25. The van der Waals surface area contributed by atoms with Crippen molar-refractivity contribution in [1.29, 1.82) is 0 Å². The van der Waals surface area contributed by atoms with Crippen LogP contribution in [-0.2, 0) is 19.1 Å². The highest BCUT2D eigenvalue weighted by Gasteiger charge is 2.26. The average molecular weight is 1080 g/mol. The molecule has 1 aliphatic rings. The van der Waals surface area contributed by atoms with Crippen LogP contribution in [0, 0.1) is 43.4 Å². The van der Waals surface area contributed by atoms with Gasteiger partial charge in [0.25, 0.3) is 11.1 Å². The number of allylic oxidation sites excluding steroid dienone is 3. The van der Waals surface area contributed by atoms with Crippen LogP contribution in [0.4, 0.5) is 42.4 Å². The molecule has 0 saturated heterocycles. The van der Waals surface area contributed by atoms with Gasteiger partial charge in [0.15, 0.2) is 0 Å². The number of alkyl carbamates (subject to hydrolysis) is 2. The minimum absolute atomic E-state index is 0.0151. The molecule has 6 amide bonds. The summed E-state index contributed by atoms with van der Waals surface area (Å²) in [5.41, 5.74) is 3.62. The first-order valence-corrected chi connectivity index (χ1v) is 25.2. The molecule has 24 heteroatoms. The van der Waals surface area contributed by atoms with Crippen molar-refractivity contribution in [3.63, 3.8) is 0 Å². The van der Waals surface area contributed by atoms with Crippen LogP contribution in [0.15, 0.2) is 72.3 Å². The number of rotatable bonds is 23. The average Bonchev–Trinajstić information content (AvgIpc) is 3.32. The van der Waals surface area contributed by atoms with Crippen LogP contribution < -0.4 is 47.9 Å². The lowest BCUT2D eigenvalue weighted by Gasteiger charge is -2.28. The van der Waals surface area contributed by atoms with Gasteiger partial charge in [-0.1, -0.05) is 53.1 Å². The fourth-order valence-electron chi connectivity index (χ4n) is 8.20. The summed E-state index contributed by atoms with van der Waals surface area (Å²) in [5, 5.41) is 15.8. The number of H-pyrrole nitrogens is 2. The number of carbonyl (C=O) groups is 5. The molecule has 1 aromatic carbocycles. The van der Waals surface area contributed by atoms with Crippen molar-refractivity contribution >= 4 is 76.7 Å². The van der Waals surface area contributed by atoms with Crippen LogP contribution in [0.2, 0.25) is 0 Å². The molecule has 0 spiro atoms. The van der Waals surface area contributed by atoms with Gasteiger partial charge in [-0.25, -0.2) is 43.9 Å². The number of likely N-dealkylation sites (N-methyl/N-ethyl adjacent to an activating group) is 1. The molecule has 1 aliphatic carbocycles. The van der Waals surface area contributed by atoms with E-state index in [1.807, 2.05) is 45.9 Å². The van der Waals surface area contributed by atoms with Crippen molar-refractivity contribution in [2.45, 2.75) is 102 Å². The summed E-state index contributed by atoms with van der Waals surface area (Å²) in [6, 6.07) is 7.56. The molecule has 0 aliphatic heterocycles. The first kappa shape index (κ1) is 62.6. The Morgan fingerprint density at radius 2 is 1.36 bits per heavy atom. The molecular formula is C52H74ClN13O10. The van der Waals surface area contributed by atoms with Gasteiger partial charge < -0.3 is 30.3 Å². The molecule has 414 valence electrons. The van der Waals surface area contributed by atoms with Gasteiger partial charge >= 0.3 is 24.2 Å². The molecule has 0 saturated carbocycles. The van der Waals surface area contributed by atoms with E-state index in [9.17, 15) is 38.4 Å². The number of benzene rings is 1. The van der Waals surface area contributed by atoms with Crippen LogP contribution >= 0.6 is 11.6 Å². The van der Waals surface area contributed by atoms with E-state index in [1.165, 1.54) is 25.3 Å². The number of nitrogens with zero attached hydrogens (tertiary/aromatic N) is 5. The Morgan fingerprint density at radius 1 is 0.803 bits per heavy atom. The number of nitrogens with one attached hydrogen (secondary N) is 8. The quantitative estimate of drug-likeness (QED) is 0.0258. The number of methoxy groups -OCH3 is 1. The number of ether oxygens (including phenoxy) is 2. The summed E-state index contributed by atoms with van der Waals surface area (Å²) in [6.07, 6.45) is 4.90. The molecule has 0 fully saturated rings. The number of anilines is 3. The lowest BCUT2D eigenvalue weighted by atomic mass is 9.80. The summed E-state index contributed by atoms with van der Waals surface area (Å²) < 4.78 is 10.1. The van der Waals surface area contributed by atoms with E-state index in [-0.39, 0.29) is 63.0 Å². The summed E-state index contributed by atoms with van der Waals surface area (Å²) in [7, 11) is 1.20. The summed E-state index contributed by atoms with van der Waals surface area (Å²) in [5.74, 6) is 0.0886. The minimum atomic E-state index is -0.789. The number of aromatic nitrogens is 4. The van der Waals surface area contributed by atoms with Crippen LogP contribution in [-0.4, -0.2) is 115 Å². The highest BCUT2D eigenvalue weighted by Crippen LogP contribution is 2.31. The molecule has 8 N–H and O–H groups in total. The zero-order valence-electron chi connectivity index (χ0n) is 45.6. The number of ketones is 1. The lowest BCUT2D eigenvalue weighted by molar-refractivity contribution is -0.112. The second kappa shape index (κ2) is 30.0. The molecule has 4 rings (SSSR count). The van der Waals surface area contributed by atoms with E-state index >= 15 is 0 Å². The number of carbonyl (C=O) groups excluding carboxylic acids is 6. The Bertz CT molecular complexity index is 2800. The van der Waals surface area contributed by atoms with Crippen molar-refractivity contribution in [1.82, 2.24) is 41.2 Å². The first-order valence-electron chi connectivity index (χ1n) is 24.9. The largest absolute Gasteiger partial charge is 0.453 e. The summed E-state index contributed by atoms with van der Waals surface area (Å²) in [4.78, 5) is 117. The number of Topliss-reactive ketones (excluding diaryl/α,β-unsaturated/α-hetero) is 1. The second-order valence-corrected chi connectivity index (χ2v) is 20.5. The number of urea groups is 2. The van der Waals surface area contributed by atoms with Crippen molar-refractivity contribution in [3.05, 3.63) is 90.4 Å². The fourth-order valence-corrected chi connectivity index (χ4v) is 8.40. The second-order valence-electron chi connectivity index (χ2n) is 20.1. The monoisotopic (exact) mass is 1080 g/mol. The molecule has 0 radical (unpaired) electrons. The highest BCUT2D eigenvalue weighted by atomic mass is 35.5. The molecule has 2 heterocycles. The number of hydrogen-bond acceptors (Lipinski definition) is 15. The van der Waals surface area contributed by atoms with Gasteiger partial charge in [-0.2, -0.15) is 0 Å². The van der Waals surface area contributed by atoms with E-state index in [0.29, 0.717) is 74.0 Å². The third kappa shape index (κ3) is 22.4. The number of isocyanates is 1. The van der Waals surface area contributed by atoms with Crippen molar-refractivity contribution in [3.8, 4) is 0 Å². The molecule has 3 aromatic rings. The van der Waals surface area contributed by atoms with Crippen molar-refractivity contribution in [2.75, 3.05) is 68.5 Å². The van der Waals surface area contributed by atoms with Gasteiger partial charge in [-0.3, -0.25) is 40.3 Å². The predicted molar refractivity (Wildman–Crippen MR) is 293 cm³/mol. The standard InChI is InChI=1S/C36H49ClN8O7.C16H25N5O3/c1-9-45(25-10-11-26(22(3)16-25)41-27-18-28(42-35(50)51-8)31(47)30(37)24(27)5)14-15-52-34(49)38-13-12-36(6,7)19-21(2)20-39-33(48)44-32-40-23(4)17-29(46)43-32;1-11(8-16(3,4)5-6-17-10-22)9-18-15(24)21-14-19-12(2)7-13(23)20-14/h10-11,16-18,21H,9,12-15,19-20H2,1-8H3,(H,38,49)(H,42,50)(H3,39,40,43,44,46,48);7,11H,5-6,8-9H2,1-4H3,(H3,18,19,20,21,23,24). The van der Waals surface area contributed by atoms with Crippen LogP contribution in [0.5, 0.6) is 0 Å². The Hall–Kier alpha value is -7.65. The van der Waals surface area contributed by atoms with Crippen molar-refractivity contribution in [2.24, 2.45) is 32.7 Å². The zero-order valence-corrected chi connectivity index (χ0v) is 46.3. The molecule has 2 atom stereocenters. The Kier molecular flexibility index (Phi) is 24.8. The number of aliphatic imine (C=N–C) groups is 2. The van der Waals surface area contributed by atoms with E-state index in [0.717, 1.165) is 30.5 Å². The summed E-state index contributed by atoms with van der Waals surface area (Å²) in [6.45, 7) is 24.6. The van der Waals surface area contributed by atoms with E-state index in [4.69, 9.17) is 21.3 Å². The number of halogens is 1. The topological polar surface area (TPSA) is 313 Å². The SMILES string of the molecule is CCN(CCOC(=O)NCCC(C)(C)CC(C)CNC(=O)Nc1nc(C)cc(=O)[nH]1)c1ccc(N=C2C=C(NC(=O)OC)C(=O)C(Cl)=C2C)c(C)c1.Cc1cc(=O)[nH]c(NC(=O)NCC(C)CC(C)(C)CCN=C=O)n1. The maximum absolute atomic E-state index is 12.5. The zero-order chi connectivity index (χ0) is 56.8. The number of amides is 6. The Balaban J connectivity index is 0.000000529. The molecule has 0 bridgehead atoms. The third-order valence-electron chi connectivity index (χ3n) is 11.9. The Morgan fingerprint density at radius 3 is 1.86 bits per heavy atom. The van der Waals surface area contributed by atoms with Gasteiger partial charge in [-0.15, -0.1) is 0 Å². The van der Waals surface area contributed by atoms with Crippen LogP contribution in [0.1, 0.15) is 98.0 Å².